The van der Waals surface area contributed by atoms with E-state index in [4.69, 9.17) is 4.74 Å². The van der Waals surface area contributed by atoms with Crippen LogP contribution in [-0.2, 0) is 7.05 Å². The molecule has 1 aliphatic rings. The molecular weight excluding hydrogens is 316 g/mol. The number of carbonyl (C=O) groups excluding carboxylic acids is 1. The second-order valence-corrected chi connectivity index (χ2v) is 6.43. The van der Waals surface area contributed by atoms with Gasteiger partial charge in [0.05, 0.1) is 12.8 Å². The average Bonchev–Trinajstić information content (AvgIpc) is 3.04. The Kier molecular flexibility index (Phi) is 5.71. The molecule has 134 valence electrons. The van der Waals surface area contributed by atoms with Crippen LogP contribution in [0.15, 0.2) is 30.3 Å². The van der Waals surface area contributed by atoms with Crippen LogP contribution < -0.4 is 10.1 Å². The van der Waals surface area contributed by atoms with Gasteiger partial charge in [0.15, 0.2) is 5.69 Å². The summed E-state index contributed by atoms with van der Waals surface area (Å²) in [7, 11) is 3.49. The minimum Gasteiger partial charge on any atom is -0.497 e. The van der Waals surface area contributed by atoms with E-state index in [9.17, 15) is 4.79 Å². The number of hydrogen-bond acceptors (Lipinski definition) is 4. The van der Waals surface area contributed by atoms with Gasteiger partial charge < -0.3 is 15.0 Å². The Labute approximate surface area is 148 Å². The quantitative estimate of drug-likeness (QED) is 0.875. The number of aromatic nitrogens is 2. The van der Waals surface area contributed by atoms with E-state index < -0.39 is 0 Å². The number of nitrogens with one attached hydrogen (secondary N) is 1. The van der Waals surface area contributed by atoms with E-state index in [1.54, 1.807) is 11.8 Å². The number of rotatable bonds is 6. The Morgan fingerprint density at radius 2 is 2.04 bits per heavy atom. The lowest BCUT2D eigenvalue weighted by Crippen LogP contribution is -2.37. The van der Waals surface area contributed by atoms with Crippen LogP contribution in [0.3, 0.4) is 0 Å². The molecule has 1 aromatic heterocycles. The fraction of sp³-hybridized carbons (Fsp3) is 0.474. The number of methoxy groups -OCH3 is 1. The first-order valence-corrected chi connectivity index (χ1v) is 8.86. The maximum Gasteiger partial charge on any atom is 0.271 e. The van der Waals surface area contributed by atoms with E-state index in [2.05, 4.69) is 15.3 Å². The van der Waals surface area contributed by atoms with Gasteiger partial charge in [-0.25, -0.2) is 0 Å². The molecule has 0 spiro atoms. The number of piperidine rings is 1. The van der Waals surface area contributed by atoms with Gasteiger partial charge in [0.2, 0.25) is 0 Å². The Balaban J connectivity index is 1.61. The van der Waals surface area contributed by atoms with Crippen LogP contribution in [0.2, 0.25) is 0 Å². The molecule has 0 unspecified atom stereocenters. The molecule has 6 nitrogen and oxygen atoms in total. The number of amides is 1. The first-order valence-electron chi connectivity index (χ1n) is 8.86. The van der Waals surface area contributed by atoms with Crippen molar-refractivity contribution < 1.29 is 9.53 Å². The number of carbonyl (C=O) groups is 1. The highest BCUT2D eigenvalue weighted by Crippen LogP contribution is 2.24. The molecule has 1 aliphatic heterocycles. The van der Waals surface area contributed by atoms with Crippen molar-refractivity contribution in [3.63, 3.8) is 0 Å². The van der Waals surface area contributed by atoms with Crippen molar-refractivity contribution in [3.05, 3.63) is 36.0 Å². The molecule has 1 amide bonds. The number of aryl methyl sites for hydroxylation is 1. The number of benzene rings is 1. The van der Waals surface area contributed by atoms with Gasteiger partial charge >= 0.3 is 0 Å². The van der Waals surface area contributed by atoms with E-state index in [1.807, 2.05) is 37.4 Å². The lowest BCUT2D eigenvalue weighted by Gasteiger charge is -2.26. The van der Waals surface area contributed by atoms with Gasteiger partial charge in [-0.3, -0.25) is 9.48 Å². The Morgan fingerprint density at radius 3 is 2.80 bits per heavy atom. The minimum atomic E-state index is -0.123. The number of hydrogen-bond donors (Lipinski definition) is 1. The van der Waals surface area contributed by atoms with Crippen molar-refractivity contribution in [2.45, 2.75) is 19.3 Å². The van der Waals surface area contributed by atoms with E-state index >= 15 is 0 Å². The Hall–Kier alpha value is -2.34. The molecular formula is C19H26N4O2. The van der Waals surface area contributed by atoms with Crippen molar-refractivity contribution in [2.75, 3.05) is 33.3 Å². The predicted octanol–water partition coefficient (Wildman–Crippen LogP) is 2.31. The SMILES string of the molecule is COc1cccc(-c2cc(C(=O)NCCN3CCCCC3)nn2C)c1. The third kappa shape index (κ3) is 4.39. The second-order valence-electron chi connectivity index (χ2n) is 6.43. The zero-order valence-electron chi connectivity index (χ0n) is 15.0. The van der Waals surface area contributed by atoms with Crippen LogP contribution in [0.5, 0.6) is 5.75 Å². The normalized spacial score (nSPS) is 15.1. The first kappa shape index (κ1) is 17.5. The summed E-state index contributed by atoms with van der Waals surface area (Å²) < 4.78 is 7.00. The summed E-state index contributed by atoms with van der Waals surface area (Å²) >= 11 is 0. The summed E-state index contributed by atoms with van der Waals surface area (Å²) in [5.74, 6) is 0.660. The van der Waals surface area contributed by atoms with Gasteiger partial charge in [-0.05, 0) is 44.1 Å². The summed E-state index contributed by atoms with van der Waals surface area (Å²) in [6, 6.07) is 9.57. The summed E-state index contributed by atoms with van der Waals surface area (Å²) in [4.78, 5) is 14.8. The number of nitrogens with zero attached hydrogens (tertiary/aromatic N) is 3. The molecule has 1 aromatic carbocycles. The molecule has 1 fully saturated rings. The summed E-state index contributed by atoms with van der Waals surface area (Å²) in [6.45, 7) is 3.84. The molecule has 2 heterocycles. The van der Waals surface area contributed by atoms with E-state index in [-0.39, 0.29) is 5.91 Å². The highest BCUT2D eigenvalue weighted by atomic mass is 16.5. The molecule has 25 heavy (non-hydrogen) atoms. The molecule has 1 saturated heterocycles. The van der Waals surface area contributed by atoms with Crippen molar-refractivity contribution >= 4 is 5.91 Å². The lowest BCUT2D eigenvalue weighted by atomic mass is 10.1. The van der Waals surface area contributed by atoms with E-state index in [0.717, 1.165) is 36.6 Å². The molecule has 0 saturated carbocycles. The van der Waals surface area contributed by atoms with Gasteiger partial charge in [0.1, 0.15) is 5.75 Å². The minimum absolute atomic E-state index is 0.123. The number of likely N-dealkylation sites (tertiary alicyclic amines) is 1. The van der Waals surface area contributed by atoms with Gasteiger partial charge in [-0.2, -0.15) is 5.10 Å². The topological polar surface area (TPSA) is 59.4 Å². The van der Waals surface area contributed by atoms with Gasteiger partial charge in [0, 0.05) is 25.7 Å². The molecule has 0 radical (unpaired) electrons. The third-order valence-electron chi connectivity index (χ3n) is 4.64. The molecule has 3 rings (SSSR count). The smallest absolute Gasteiger partial charge is 0.271 e. The Morgan fingerprint density at radius 1 is 1.24 bits per heavy atom. The Bertz CT molecular complexity index is 720. The maximum absolute atomic E-state index is 12.4. The molecule has 6 heteroatoms. The van der Waals surface area contributed by atoms with Gasteiger partial charge in [-0.1, -0.05) is 18.6 Å². The summed E-state index contributed by atoms with van der Waals surface area (Å²) in [6.07, 6.45) is 3.85. The standard InChI is InChI=1S/C19H26N4O2/c1-22-18(15-7-6-8-16(13-15)25-2)14-17(21-22)19(24)20-9-12-23-10-4-3-5-11-23/h6-8,13-14H,3-5,9-12H2,1-2H3,(H,20,24). The fourth-order valence-electron chi connectivity index (χ4n) is 3.23. The van der Waals surface area contributed by atoms with Crippen LogP contribution >= 0.6 is 0 Å². The van der Waals surface area contributed by atoms with Gasteiger partial charge in [-0.15, -0.1) is 0 Å². The molecule has 2 aromatic rings. The fourth-order valence-corrected chi connectivity index (χ4v) is 3.23. The highest BCUT2D eigenvalue weighted by Gasteiger charge is 2.15. The zero-order valence-corrected chi connectivity index (χ0v) is 15.0. The van der Waals surface area contributed by atoms with Crippen molar-refractivity contribution in [2.24, 2.45) is 7.05 Å². The van der Waals surface area contributed by atoms with Crippen molar-refractivity contribution in [1.82, 2.24) is 20.0 Å². The maximum atomic E-state index is 12.4. The predicted molar refractivity (Wildman–Crippen MR) is 97.8 cm³/mol. The third-order valence-corrected chi connectivity index (χ3v) is 4.64. The highest BCUT2D eigenvalue weighted by molar-refractivity contribution is 5.93. The van der Waals surface area contributed by atoms with Crippen LogP contribution in [0.1, 0.15) is 29.8 Å². The molecule has 0 aliphatic carbocycles. The zero-order chi connectivity index (χ0) is 17.6. The van der Waals surface area contributed by atoms with Crippen molar-refractivity contribution in [3.8, 4) is 17.0 Å². The largest absolute Gasteiger partial charge is 0.497 e. The summed E-state index contributed by atoms with van der Waals surface area (Å²) in [5, 5.41) is 7.34. The van der Waals surface area contributed by atoms with Crippen LogP contribution in [0.4, 0.5) is 0 Å². The van der Waals surface area contributed by atoms with Crippen LogP contribution in [0, 0.1) is 0 Å². The number of ether oxygens (including phenoxy) is 1. The molecule has 1 N–H and O–H groups in total. The second kappa shape index (κ2) is 8.16. The van der Waals surface area contributed by atoms with E-state index in [0.29, 0.717) is 12.2 Å². The lowest BCUT2D eigenvalue weighted by molar-refractivity contribution is 0.0941. The molecule has 0 atom stereocenters. The average molecular weight is 342 g/mol. The molecule has 0 bridgehead atoms. The van der Waals surface area contributed by atoms with E-state index in [1.165, 1.54) is 19.3 Å². The first-order chi connectivity index (χ1) is 12.2. The van der Waals surface area contributed by atoms with Crippen molar-refractivity contribution in [1.29, 1.82) is 0 Å². The monoisotopic (exact) mass is 342 g/mol. The van der Waals surface area contributed by atoms with Gasteiger partial charge in [0.25, 0.3) is 5.91 Å². The van der Waals surface area contributed by atoms with Crippen LogP contribution in [0.25, 0.3) is 11.3 Å². The van der Waals surface area contributed by atoms with Crippen LogP contribution in [-0.4, -0.2) is 53.9 Å². The summed E-state index contributed by atoms with van der Waals surface area (Å²) in [5.41, 5.74) is 2.31.